The van der Waals surface area contributed by atoms with Crippen molar-refractivity contribution in [1.82, 2.24) is 19.5 Å². The number of hydrogen-bond donors (Lipinski definition) is 4. The monoisotopic (exact) mass is 264 g/mol. The van der Waals surface area contributed by atoms with Gasteiger partial charge in [0.25, 0.3) is 0 Å². The molecular weight excluding hydrogens is 248 g/mol. The first-order valence-corrected chi connectivity index (χ1v) is 6.14. The third-order valence-corrected chi connectivity index (χ3v) is 3.73. The number of aromatic nitrogens is 4. The van der Waals surface area contributed by atoms with Gasteiger partial charge in [-0.15, -0.1) is 0 Å². The van der Waals surface area contributed by atoms with E-state index in [1.54, 1.807) is 6.33 Å². The molecule has 102 valence electrons. The van der Waals surface area contributed by atoms with Crippen LogP contribution in [0.15, 0.2) is 6.33 Å². The standard InChI is InChI=1S/C11H16N6O2/c12-9-8-10(16-11(13)15-9)17(4-14-8)6-1-5(3-18)7(19)2-6/h4-7,18-19H,1-3H2,(H4,12,13,15,16). The number of anilines is 2. The first kappa shape index (κ1) is 12.1. The van der Waals surface area contributed by atoms with Crippen LogP contribution < -0.4 is 11.5 Å². The Morgan fingerprint density at radius 3 is 2.79 bits per heavy atom. The number of rotatable bonds is 2. The zero-order valence-corrected chi connectivity index (χ0v) is 10.3. The van der Waals surface area contributed by atoms with E-state index in [1.807, 2.05) is 4.57 Å². The maximum atomic E-state index is 9.86. The molecule has 1 aliphatic carbocycles. The van der Waals surface area contributed by atoms with E-state index in [2.05, 4.69) is 15.0 Å². The summed E-state index contributed by atoms with van der Waals surface area (Å²) >= 11 is 0. The summed E-state index contributed by atoms with van der Waals surface area (Å²) in [5.74, 6) is 0.237. The molecule has 1 aliphatic rings. The molecular formula is C11H16N6O2. The lowest BCUT2D eigenvalue weighted by Crippen LogP contribution is -2.16. The molecule has 0 radical (unpaired) electrons. The van der Waals surface area contributed by atoms with Crippen molar-refractivity contribution in [2.75, 3.05) is 18.1 Å². The third kappa shape index (κ3) is 1.89. The number of imidazole rings is 1. The van der Waals surface area contributed by atoms with E-state index in [0.29, 0.717) is 24.0 Å². The van der Waals surface area contributed by atoms with Crippen molar-refractivity contribution in [1.29, 1.82) is 0 Å². The molecule has 0 amide bonds. The van der Waals surface area contributed by atoms with Gasteiger partial charge < -0.3 is 26.2 Å². The van der Waals surface area contributed by atoms with Gasteiger partial charge in [-0.25, -0.2) is 4.98 Å². The Morgan fingerprint density at radius 1 is 1.32 bits per heavy atom. The molecule has 3 rings (SSSR count). The van der Waals surface area contributed by atoms with Gasteiger partial charge in [-0.2, -0.15) is 9.97 Å². The highest BCUT2D eigenvalue weighted by Crippen LogP contribution is 2.36. The van der Waals surface area contributed by atoms with Crippen LogP contribution in [0.25, 0.3) is 11.2 Å². The summed E-state index contributed by atoms with van der Waals surface area (Å²) in [6.45, 7) is -0.0242. The van der Waals surface area contributed by atoms with Crippen molar-refractivity contribution in [2.24, 2.45) is 5.92 Å². The molecule has 2 aromatic rings. The second-order valence-electron chi connectivity index (χ2n) is 4.93. The number of aliphatic hydroxyl groups is 2. The van der Waals surface area contributed by atoms with Gasteiger partial charge in [0.1, 0.15) is 5.52 Å². The molecule has 8 nitrogen and oxygen atoms in total. The lowest BCUT2D eigenvalue weighted by atomic mass is 10.1. The molecule has 2 heterocycles. The largest absolute Gasteiger partial charge is 0.396 e. The lowest BCUT2D eigenvalue weighted by molar-refractivity contribution is 0.0906. The highest BCUT2D eigenvalue weighted by molar-refractivity contribution is 5.82. The second-order valence-corrected chi connectivity index (χ2v) is 4.93. The van der Waals surface area contributed by atoms with Crippen LogP contribution in [0.4, 0.5) is 11.8 Å². The normalized spacial score (nSPS) is 27.2. The van der Waals surface area contributed by atoms with Crippen LogP contribution in [0.2, 0.25) is 0 Å². The van der Waals surface area contributed by atoms with E-state index < -0.39 is 6.10 Å². The highest BCUT2D eigenvalue weighted by atomic mass is 16.3. The Balaban J connectivity index is 2.02. The number of nitrogens with two attached hydrogens (primary N) is 2. The summed E-state index contributed by atoms with van der Waals surface area (Å²) in [5, 5.41) is 19.1. The highest BCUT2D eigenvalue weighted by Gasteiger charge is 2.34. The molecule has 0 aromatic carbocycles. The summed E-state index contributed by atoms with van der Waals surface area (Å²) in [6.07, 6.45) is 2.35. The fourth-order valence-corrected chi connectivity index (χ4v) is 2.72. The number of hydrogen-bond acceptors (Lipinski definition) is 7. The maximum absolute atomic E-state index is 9.86. The van der Waals surface area contributed by atoms with E-state index in [0.717, 1.165) is 0 Å². The Labute approximate surface area is 109 Å². The fraction of sp³-hybridized carbons (Fsp3) is 0.545. The Bertz CT molecular complexity index is 612. The molecule has 3 unspecified atom stereocenters. The predicted octanol–water partition coefficient (Wildman–Crippen LogP) is -0.705. The smallest absolute Gasteiger partial charge is 0.224 e. The molecule has 0 aliphatic heterocycles. The summed E-state index contributed by atoms with van der Waals surface area (Å²) < 4.78 is 1.85. The van der Waals surface area contributed by atoms with Gasteiger partial charge in [0, 0.05) is 18.6 Å². The first-order chi connectivity index (χ1) is 9.10. The zero-order chi connectivity index (χ0) is 13.6. The maximum Gasteiger partial charge on any atom is 0.224 e. The van der Waals surface area contributed by atoms with Crippen molar-refractivity contribution in [3.8, 4) is 0 Å². The molecule has 2 aromatic heterocycles. The molecule has 3 atom stereocenters. The number of aliphatic hydroxyl groups excluding tert-OH is 2. The van der Waals surface area contributed by atoms with Crippen LogP contribution >= 0.6 is 0 Å². The predicted molar refractivity (Wildman–Crippen MR) is 69.0 cm³/mol. The van der Waals surface area contributed by atoms with Crippen molar-refractivity contribution in [3.05, 3.63) is 6.33 Å². The van der Waals surface area contributed by atoms with Gasteiger partial charge in [0.15, 0.2) is 11.5 Å². The molecule has 19 heavy (non-hydrogen) atoms. The minimum atomic E-state index is -0.510. The minimum absolute atomic E-state index is 0.0242. The molecule has 6 N–H and O–H groups in total. The topological polar surface area (TPSA) is 136 Å². The fourth-order valence-electron chi connectivity index (χ4n) is 2.72. The number of nitrogens with zero attached hydrogens (tertiary/aromatic N) is 4. The van der Waals surface area contributed by atoms with E-state index >= 15 is 0 Å². The van der Waals surface area contributed by atoms with Gasteiger partial charge in [0.2, 0.25) is 5.95 Å². The first-order valence-electron chi connectivity index (χ1n) is 6.14. The van der Waals surface area contributed by atoms with Crippen LogP contribution in [0.5, 0.6) is 0 Å². The summed E-state index contributed by atoms with van der Waals surface area (Å²) in [7, 11) is 0. The van der Waals surface area contributed by atoms with E-state index in [1.165, 1.54) is 0 Å². The lowest BCUT2D eigenvalue weighted by Gasteiger charge is -2.12. The quantitative estimate of drug-likeness (QED) is 0.562. The van der Waals surface area contributed by atoms with E-state index in [-0.39, 0.29) is 30.3 Å². The SMILES string of the molecule is Nc1nc(N)c2ncn(C3CC(O)C(CO)C3)c2n1. The zero-order valence-electron chi connectivity index (χ0n) is 10.3. The molecule has 1 fully saturated rings. The molecule has 0 spiro atoms. The summed E-state index contributed by atoms with van der Waals surface area (Å²) in [4.78, 5) is 12.2. The van der Waals surface area contributed by atoms with Crippen molar-refractivity contribution in [3.63, 3.8) is 0 Å². The van der Waals surface area contributed by atoms with Crippen molar-refractivity contribution in [2.45, 2.75) is 25.0 Å². The van der Waals surface area contributed by atoms with Crippen LogP contribution in [0, 0.1) is 5.92 Å². The van der Waals surface area contributed by atoms with Crippen LogP contribution in [-0.2, 0) is 0 Å². The van der Waals surface area contributed by atoms with Gasteiger partial charge in [-0.05, 0) is 12.8 Å². The molecule has 8 heteroatoms. The average molecular weight is 264 g/mol. The summed E-state index contributed by atoms with van der Waals surface area (Å²) in [5.41, 5.74) is 12.4. The van der Waals surface area contributed by atoms with Crippen LogP contribution in [0.3, 0.4) is 0 Å². The Kier molecular flexibility index (Phi) is 2.76. The van der Waals surface area contributed by atoms with E-state index in [4.69, 9.17) is 11.5 Å². The molecule has 0 saturated heterocycles. The minimum Gasteiger partial charge on any atom is -0.396 e. The van der Waals surface area contributed by atoms with Gasteiger partial charge in [-0.3, -0.25) is 0 Å². The van der Waals surface area contributed by atoms with Crippen LogP contribution in [-0.4, -0.2) is 42.4 Å². The molecule has 0 bridgehead atoms. The Morgan fingerprint density at radius 2 is 2.11 bits per heavy atom. The van der Waals surface area contributed by atoms with Crippen LogP contribution in [0.1, 0.15) is 18.9 Å². The van der Waals surface area contributed by atoms with Gasteiger partial charge >= 0.3 is 0 Å². The number of nitrogen functional groups attached to an aromatic ring is 2. The van der Waals surface area contributed by atoms with Crippen molar-refractivity contribution >= 4 is 22.9 Å². The second kappa shape index (κ2) is 4.32. The summed E-state index contributed by atoms with van der Waals surface area (Å²) in [6, 6.07) is 0.0332. The Hall–Kier alpha value is -1.93. The van der Waals surface area contributed by atoms with Crippen molar-refractivity contribution < 1.29 is 10.2 Å². The number of fused-ring (bicyclic) bond motifs is 1. The van der Waals surface area contributed by atoms with E-state index in [9.17, 15) is 10.2 Å². The van der Waals surface area contributed by atoms with Gasteiger partial charge in [0.05, 0.1) is 12.4 Å². The average Bonchev–Trinajstić information content (AvgIpc) is 2.92. The third-order valence-electron chi connectivity index (χ3n) is 3.73. The van der Waals surface area contributed by atoms with Gasteiger partial charge in [-0.1, -0.05) is 0 Å². The molecule has 1 saturated carbocycles.